The van der Waals surface area contributed by atoms with Gasteiger partial charge in [0.2, 0.25) is 0 Å². The highest BCUT2D eigenvalue weighted by atomic mass is 16.4. The number of carboxylic acid groups (broad SMARTS) is 1. The van der Waals surface area contributed by atoms with Crippen molar-refractivity contribution in [2.75, 3.05) is 0 Å². The minimum Gasteiger partial charge on any atom is -0.477 e. The second-order valence-corrected chi connectivity index (χ2v) is 5.16. The zero-order chi connectivity index (χ0) is 11.9. The molecule has 0 spiro atoms. The number of aromatic nitrogens is 1. The van der Waals surface area contributed by atoms with Gasteiger partial charge in [-0.25, -0.2) is 4.79 Å². The van der Waals surface area contributed by atoms with E-state index in [0.717, 1.165) is 30.5 Å². The van der Waals surface area contributed by atoms with Gasteiger partial charge in [-0.3, -0.25) is 4.79 Å². The zero-order valence-electron chi connectivity index (χ0n) is 9.46. The van der Waals surface area contributed by atoms with Gasteiger partial charge in [0, 0.05) is 5.69 Å². The number of aromatic amines is 1. The number of nitrogens with one attached hydrogen (secondary N) is 1. The lowest BCUT2D eigenvalue weighted by Gasteiger charge is -2.30. The third-order valence-electron chi connectivity index (χ3n) is 3.17. The molecule has 0 unspecified atom stereocenters. The number of fused-ring (bicyclic) bond motifs is 1. The van der Waals surface area contributed by atoms with Crippen molar-refractivity contribution in [2.45, 2.75) is 33.1 Å². The maximum Gasteiger partial charge on any atom is 0.341 e. The molecule has 0 bridgehead atoms. The Kier molecular flexibility index (Phi) is 2.37. The summed E-state index contributed by atoms with van der Waals surface area (Å²) in [4.78, 5) is 25.0. The van der Waals surface area contributed by atoms with Gasteiger partial charge >= 0.3 is 5.97 Å². The fourth-order valence-corrected chi connectivity index (χ4v) is 2.22. The van der Waals surface area contributed by atoms with E-state index < -0.39 is 11.5 Å². The molecule has 16 heavy (non-hydrogen) atoms. The van der Waals surface area contributed by atoms with Crippen molar-refractivity contribution in [1.29, 1.82) is 0 Å². The molecule has 0 aromatic carbocycles. The molecule has 0 saturated heterocycles. The number of pyridine rings is 1. The average Bonchev–Trinajstić information content (AvgIpc) is 2.16. The second-order valence-electron chi connectivity index (χ2n) is 5.16. The minimum atomic E-state index is -1.16. The summed E-state index contributed by atoms with van der Waals surface area (Å²) in [5, 5.41) is 8.88. The van der Waals surface area contributed by atoms with Gasteiger partial charge in [-0.1, -0.05) is 13.8 Å². The number of hydrogen-bond acceptors (Lipinski definition) is 2. The van der Waals surface area contributed by atoms with Gasteiger partial charge in [0.05, 0.1) is 0 Å². The van der Waals surface area contributed by atoms with Crippen LogP contribution in [-0.2, 0) is 12.8 Å². The van der Waals surface area contributed by atoms with Gasteiger partial charge in [0.25, 0.3) is 5.56 Å². The first-order valence-electron chi connectivity index (χ1n) is 5.37. The normalized spacial score (nSPS) is 17.9. The number of H-pyrrole nitrogens is 1. The van der Waals surface area contributed by atoms with E-state index in [1.165, 1.54) is 6.07 Å². The van der Waals surface area contributed by atoms with Crippen molar-refractivity contribution in [1.82, 2.24) is 4.98 Å². The second kappa shape index (κ2) is 3.47. The number of aryl methyl sites for hydroxylation is 1. The lowest BCUT2D eigenvalue weighted by atomic mass is 9.76. The van der Waals surface area contributed by atoms with Gasteiger partial charge in [0.1, 0.15) is 5.56 Å². The molecule has 4 nitrogen and oxygen atoms in total. The van der Waals surface area contributed by atoms with Crippen LogP contribution < -0.4 is 5.56 Å². The van der Waals surface area contributed by atoms with Crippen LogP contribution in [-0.4, -0.2) is 16.1 Å². The Bertz CT molecular complexity index is 499. The van der Waals surface area contributed by atoms with Crippen LogP contribution in [0.2, 0.25) is 0 Å². The van der Waals surface area contributed by atoms with Crippen LogP contribution in [0.1, 0.15) is 41.9 Å². The molecule has 1 heterocycles. The van der Waals surface area contributed by atoms with Crippen molar-refractivity contribution in [3.63, 3.8) is 0 Å². The lowest BCUT2D eigenvalue weighted by molar-refractivity contribution is 0.0694. The molecule has 0 radical (unpaired) electrons. The quantitative estimate of drug-likeness (QED) is 0.756. The molecule has 0 amide bonds. The SMILES string of the molecule is CC1(C)CCc2[nH]c(=O)c(C(=O)O)cc2C1. The maximum absolute atomic E-state index is 11.5. The molecule has 4 heteroatoms. The van der Waals surface area contributed by atoms with Crippen LogP contribution in [0.25, 0.3) is 0 Å². The summed E-state index contributed by atoms with van der Waals surface area (Å²) in [6.07, 6.45) is 2.65. The number of aromatic carboxylic acids is 1. The predicted molar refractivity (Wildman–Crippen MR) is 59.8 cm³/mol. The van der Waals surface area contributed by atoms with Crippen LogP contribution in [0.5, 0.6) is 0 Å². The smallest absolute Gasteiger partial charge is 0.341 e. The molecule has 2 rings (SSSR count). The van der Waals surface area contributed by atoms with Crippen LogP contribution in [0.4, 0.5) is 0 Å². The van der Waals surface area contributed by atoms with Crippen molar-refractivity contribution < 1.29 is 9.90 Å². The molecule has 0 aliphatic heterocycles. The Morgan fingerprint density at radius 2 is 2.19 bits per heavy atom. The van der Waals surface area contributed by atoms with Gasteiger partial charge in [-0.2, -0.15) is 0 Å². The molecule has 1 aromatic rings. The zero-order valence-corrected chi connectivity index (χ0v) is 9.46. The van der Waals surface area contributed by atoms with E-state index in [4.69, 9.17) is 5.11 Å². The van der Waals surface area contributed by atoms with E-state index in [1.807, 2.05) is 0 Å². The number of carbonyl (C=O) groups is 1. The average molecular weight is 221 g/mol. The Morgan fingerprint density at radius 3 is 2.81 bits per heavy atom. The van der Waals surface area contributed by atoms with Gasteiger partial charge in [-0.05, 0) is 36.3 Å². The summed E-state index contributed by atoms with van der Waals surface area (Å²) < 4.78 is 0. The number of rotatable bonds is 1. The Hall–Kier alpha value is -1.58. The molecule has 0 saturated carbocycles. The molecule has 1 aliphatic rings. The maximum atomic E-state index is 11.5. The molecule has 86 valence electrons. The summed E-state index contributed by atoms with van der Waals surface area (Å²) in [7, 11) is 0. The van der Waals surface area contributed by atoms with Crippen molar-refractivity contribution in [3.05, 3.63) is 33.2 Å². The highest BCUT2D eigenvalue weighted by molar-refractivity contribution is 5.87. The number of hydrogen-bond donors (Lipinski definition) is 2. The summed E-state index contributed by atoms with van der Waals surface area (Å²) >= 11 is 0. The van der Waals surface area contributed by atoms with Crippen LogP contribution in [0.3, 0.4) is 0 Å². The lowest BCUT2D eigenvalue weighted by Crippen LogP contribution is -2.28. The van der Waals surface area contributed by atoms with Crippen LogP contribution in [0, 0.1) is 5.41 Å². The summed E-state index contributed by atoms with van der Waals surface area (Å²) in [6, 6.07) is 1.53. The third kappa shape index (κ3) is 1.87. The topological polar surface area (TPSA) is 70.2 Å². The molecule has 2 N–H and O–H groups in total. The Balaban J connectivity index is 2.52. The first-order chi connectivity index (χ1) is 7.39. The first kappa shape index (κ1) is 10.9. The standard InChI is InChI=1S/C12H15NO3/c1-12(2)4-3-9-7(6-12)5-8(11(15)16)10(14)13-9/h5H,3-4,6H2,1-2H3,(H,13,14)(H,15,16). The largest absolute Gasteiger partial charge is 0.477 e. The molecular formula is C12H15NO3. The van der Waals surface area contributed by atoms with Crippen molar-refractivity contribution in [3.8, 4) is 0 Å². The summed E-state index contributed by atoms with van der Waals surface area (Å²) in [5.41, 5.74) is 1.39. The highest BCUT2D eigenvalue weighted by Crippen LogP contribution is 2.33. The first-order valence-corrected chi connectivity index (χ1v) is 5.37. The molecular weight excluding hydrogens is 206 g/mol. The van der Waals surface area contributed by atoms with E-state index >= 15 is 0 Å². The van der Waals surface area contributed by atoms with Crippen LogP contribution >= 0.6 is 0 Å². The molecule has 0 fully saturated rings. The molecule has 0 atom stereocenters. The van der Waals surface area contributed by atoms with Crippen molar-refractivity contribution in [2.24, 2.45) is 5.41 Å². The molecule has 1 aromatic heterocycles. The van der Waals surface area contributed by atoms with E-state index in [1.54, 1.807) is 0 Å². The van der Waals surface area contributed by atoms with Crippen molar-refractivity contribution >= 4 is 5.97 Å². The number of carboxylic acids is 1. The Morgan fingerprint density at radius 1 is 1.50 bits per heavy atom. The third-order valence-corrected chi connectivity index (χ3v) is 3.17. The van der Waals surface area contributed by atoms with E-state index in [0.29, 0.717) is 0 Å². The highest BCUT2D eigenvalue weighted by Gasteiger charge is 2.27. The van der Waals surface area contributed by atoms with Gasteiger partial charge in [-0.15, -0.1) is 0 Å². The predicted octanol–water partition coefficient (Wildman–Crippen LogP) is 1.59. The minimum absolute atomic E-state index is 0.156. The fraction of sp³-hybridized carbons (Fsp3) is 0.500. The van der Waals surface area contributed by atoms with E-state index in [9.17, 15) is 9.59 Å². The van der Waals surface area contributed by atoms with Crippen LogP contribution in [0.15, 0.2) is 10.9 Å². The van der Waals surface area contributed by atoms with E-state index in [-0.39, 0.29) is 11.0 Å². The van der Waals surface area contributed by atoms with Gasteiger partial charge in [0.15, 0.2) is 0 Å². The monoisotopic (exact) mass is 221 g/mol. The van der Waals surface area contributed by atoms with Gasteiger partial charge < -0.3 is 10.1 Å². The molecule has 1 aliphatic carbocycles. The Labute approximate surface area is 93.3 Å². The summed E-state index contributed by atoms with van der Waals surface area (Å²) in [5.74, 6) is -1.16. The summed E-state index contributed by atoms with van der Waals surface area (Å²) in [6.45, 7) is 4.31. The fourth-order valence-electron chi connectivity index (χ4n) is 2.22. The van der Waals surface area contributed by atoms with E-state index in [2.05, 4.69) is 18.8 Å².